The predicted molar refractivity (Wildman–Crippen MR) is 136 cm³/mol. The quantitative estimate of drug-likeness (QED) is 0.501. The van der Waals surface area contributed by atoms with Gasteiger partial charge in [0.15, 0.2) is 0 Å². The first-order chi connectivity index (χ1) is 16.3. The van der Waals surface area contributed by atoms with Crippen LogP contribution in [-0.4, -0.2) is 26.7 Å². The van der Waals surface area contributed by atoms with Crippen LogP contribution in [0, 0.1) is 23.2 Å². The summed E-state index contributed by atoms with van der Waals surface area (Å²) in [5.74, 6) is 1.69. The summed E-state index contributed by atoms with van der Waals surface area (Å²) in [4.78, 5) is 29.8. The van der Waals surface area contributed by atoms with Crippen LogP contribution in [-0.2, 0) is 17.9 Å². The van der Waals surface area contributed by atoms with Crippen LogP contribution in [0.25, 0.3) is 10.9 Å². The number of para-hydroxylation sites is 1. The second kappa shape index (κ2) is 8.80. The minimum atomic E-state index is -0.316. The number of rotatable bonds is 6. The standard InChI is InChI=1S/C26H30BrN5O2/c1-15-19-10-17(26(19,2)3)11-21(15)31-22-13-30-32(25(34)24(22)27)14-23(33)29-12-16-8-9-28-20-7-5-4-6-18(16)20/h4-9,13,15,17,19,21,31H,10-12,14H2,1-3H3,(H,29,33)/t15-,17-,19+,21-/m1/s1. The zero-order chi connectivity index (χ0) is 24.0. The molecule has 3 aliphatic carbocycles. The highest BCUT2D eigenvalue weighted by Gasteiger charge is 2.56. The van der Waals surface area contributed by atoms with E-state index in [0.29, 0.717) is 40.0 Å². The average molecular weight is 524 g/mol. The normalized spacial score (nSPS) is 24.9. The molecule has 1 aromatic carbocycles. The molecule has 2 heterocycles. The summed E-state index contributed by atoms with van der Waals surface area (Å²) >= 11 is 3.44. The highest BCUT2D eigenvalue weighted by Crippen LogP contribution is 2.61. The van der Waals surface area contributed by atoms with E-state index < -0.39 is 0 Å². The van der Waals surface area contributed by atoms with Crippen LogP contribution in [0.5, 0.6) is 0 Å². The smallest absolute Gasteiger partial charge is 0.283 e. The highest BCUT2D eigenvalue weighted by molar-refractivity contribution is 9.10. The molecule has 0 radical (unpaired) electrons. The number of benzene rings is 1. The number of anilines is 1. The molecule has 4 atom stereocenters. The fourth-order valence-electron chi connectivity index (χ4n) is 5.91. The molecule has 1 amide bonds. The summed E-state index contributed by atoms with van der Waals surface area (Å²) in [7, 11) is 0. The second-order valence-corrected chi connectivity index (χ2v) is 11.1. The van der Waals surface area contributed by atoms with Crippen molar-refractivity contribution >= 4 is 38.4 Å². The highest BCUT2D eigenvalue weighted by atomic mass is 79.9. The Bertz CT molecular complexity index is 1300. The summed E-state index contributed by atoms with van der Waals surface area (Å²) in [6, 6.07) is 10.0. The van der Waals surface area contributed by atoms with Crippen molar-refractivity contribution < 1.29 is 4.79 Å². The molecule has 6 rings (SSSR count). The zero-order valence-corrected chi connectivity index (χ0v) is 21.3. The third kappa shape index (κ3) is 4.02. The largest absolute Gasteiger partial charge is 0.380 e. The number of hydrogen-bond donors (Lipinski definition) is 2. The molecule has 3 aromatic rings. The Morgan fingerprint density at radius 3 is 2.79 bits per heavy atom. The van der Waals surface area contributed by atoms with Crippen LogP contribution >= 0.6 is 15.9 Å². The van der Waals surface area contributed by atoms with E-state index >= 15 is 0 Å². The minimum absolute atomic E-state index is 0.140. The van der Waals surface area contributed by atoms with Gasteiger partial charge in [-0.15, -0.1) is 0 Å². The van der Waals surface area contributed by atoms with Crippen molar-refractivity contribution in [2.75, 3.05) is 5.32 Å². The van der Waals surface area contributed by atoms with Crippen LogP contribution in [0.15, 0.2) is 52.0 Å². The first kappa shape index (κ1) is 23.0. The molecule has 3 saturated carbocycles. The van der Waals surface area contributed by atoms with Gasteiger partial charge < -0.3 is 10.6 Å². The summed E-state index contributed by atoms with van der Waals surface area (Å²) < 4.78 is 1.61. The molecule has 178 valence electrons. The molecule has 0 aliphatic heterocycles. The molecule has 3 aliphatic rings. The third-order valence-corrected chi connectivity index (χ3v) is 8.95. The molecular formula is C26H30BrN5O2. The number of amides is 1. The van der Waals surface area contributed by atoms with E-state index in [9.17, 15) is 9.59 Å². The van der Waals surface area contributed by atoms with Crippen molar-refractivity contribution in [3.63, 3.8) is 0 Å². The van der Waals surface area contributed by atoms with Gasteiger partial charge in [-0.3, -0.25) is 14.6 Å². The lowest BCUT2D eigenvalue weighted by Gasteiger charge is -2.62. The van der Waals surface area contributed by atoms with Crippen LogP contribution in [0.2, 0.25) is 0 Å². The lowest BCUT2D eigenvalue weighted by atomic mass is 9.45. The van der Waals surface area contributed by atoms with Gasteiger partial charge in [-0.25, -0.2) is 4.68 Å². The van der Waals surface area contributed by atoms with E-state index in [1.807, 2.05) is 30.3 Å². The van der Waals surface area contributed by atoms with Gasteiger partial charge >= 0.3 is 0 Å². The number of hydrogen-bond acceptors (Lipinski definition) is 5. The van der Waals surface area contributed by atoms with Crippen LogP contribution in [0.4, 0.5) is 5.69 Å². The Labute approximate surface area is 207 Å². The lowest BCUT2D eigenvalue weighted by Crippen LogP contribution is -2.58. The number of nitrogens with one attached hydrogen (secondary N) is 2. The van der Waals surface area contributed by atoms with E-state index in [2.05, 4.69) is 57.4 Å². The van der Waals surface area contributed by atoms with Crippen molar-refractivity contribution in [1.29, 1.82) is 0 Å². The Hall–Kier alpha value is -2.74. The topological polar surface area (TPSA) is 88.9 Å². The van der Waals surface area contributed by atoms with Gasteiger partial charge in [0.05, 0.1) is 17.4 Å². The molecule has 0 spiro atoms. The Morgan fingerprint density at radius 2 is 2.03 bits per heavy atom. The lowest BCUT2D eigenvalue weighted by molar-refractivity contribution is -0.122. The number of fused-ring (bicyclic) bond motifs is 3. The maximum atomic E-state index is 12.9. The SMILES string of the molecule is C[C@H]1[C@H](Nc2cnn(CC(=O)NCc3ccnc4ccccc34)c(=O)c2Br)C[C@H]2C[C@@H]1C2(C)C. The van der Waals surface area contributed by atoms with Crippen molar-refractivity contribution in [3.05, 3.63) is 63.1 Å². The Morgan fingerprint density at radius 1 is 1.24 bits per heavy atom. The fourth-order valence-corrected chi connectivity index (χ4v) is 6.33. The molecular weight excluding hydrogens is 494 g/mol. The summed E-state index contributed by atoms with van der Waals surface area (Å²) in [5, 5.41) is 11.7. The number of carbonyl (C=O) groups excluding carboxylic acids is 1. The summed E-state index contributed by atoms with van der Waals surface area (Å²) in [5.41, 5.74) is 2.64. The number of nitrogens with zero attached hydrogens (tertiary/aromatic N) is 3. The van der Waals surface area contributed by atoms with Crippen LogP contribution in [0.3, 0.4) is 0 Å². The average Bonchev–Trinajstić information content (AvgIpc) is 2.83. The molecule has 2 bridgehead atoms. The van der Waals surface area contributed by atoms with Crippen molar-refractivity contribution in [3.8, 4) is 0 Å². The van der Waals surface area contributed by atoms with Gasteiger partial charge in [-0.1, -0.05) is 39.0 Å². The molecule has 3 fully saturated rings. The predicted octanol–water partition coefficient (Wildman–Crippen LogP) is 4.35. The molecule has 8 heteroatoms. The van der Waals surface area contributed by atoms with Gasteiger partial charge in [0.25, 0.3) is 5.56 Å². The molecule has 0 unspecified atom stereocenters. The molecule has 2 N–H and O–H groups in total. The first-order valence-corrected chi connectivity index (χ1v) is 12.7. The van der Waals surface area contributed by atoms with Crippen molar-refractivity contribution in [2.45, 2.75) is 52.7 Å². The summed E-state index contributed by atoms with van der Waals surface area (Å²) in [6.45, 7) is 7.27. The van der Waals surface area contributed by atoms with E-state index in [1.54, 1.807) is 12.4 Å². The van der Waals surface area contributed by atoms with E-state index in [1.165, 1.54) is 11.1 Å². The van der Waals surface area contributed by atoms with Crippen LogP contribution < -0.4 is 16.2 Å². The minimum Gasteiger partial charge on any atom is -0.380 e. The molecule has 34 heavy (non-hydrogen) atoms. The monoisotopic (exact) mass is 523 g/mol. The van der Waals surface area contributed by atoms with Gasteiger partial charge in [-0.2, -0.15) is 5.10 Å². The van der Waals surface area contributed by atoms with Crippen LogP contribution in [0.1, 0.15) is 39.2 Å². The van der Waals surface area contributed by atoms with Gasteiger partial charge in [0.1, 0.15) is 11.0 Å². The number of halogens is 1. The second-order valence-electron chi connectivity index (χ2n) is 10.3. The number of carbonyl (C=O) groups is 1. The van der Waals surface area contributed by atoms with E-state index in [0.717, 1.165) is 28.8 Å². The molecule has 7 nitrogen and oxygen atoms in total. The number of aromatic nitrogens is 3. The summed E-state index contributed by atoms with van der Waals surface area (Å²) in [6.07, 6.45) is 5.79. The Balaban J connectivity index is 1.23. The van der Waals surface area contributed by atoms with E-state index in [4.69, 9.17) is 0 Å². The number of pyridine rings is 1. The Kier molecular flexibility index (Phi) is 5.96. The first-order valence-electron chi connectivity index (χ1n) is 11.9. The zero-order valence-electron chi connectivity index (χ0n) is 19.7. The van der Waals surface area contributed by atoms with Crippen molar-refractivity contribution in [1.82, 2.24) is 20.1 Å². The fraction of sp³-hybridized carbons (Fsp3) is 0.462. The maximum absolute atomic E-state index is 12.9. The van der Waals surface area contributed by atoms with Gasteiger partial charge in [0.2, 0.25) is 5.91 Å². The molecule has 0 saturated heterocycles. The maximum Gasteiger partial charge on any atom is 0.283 e. The van der Waals surface area contributed by atoms with E-state index in [-0.39, 0.29) is 18.0 Å². The van der Waals surface area contributed by atoms with Gasteiger partial charge in [0, 0.05) is 24.2 Å². The third-order valence-electron chi connectivity index (χ3n) is 8.19. The molecule has 2 aromatic heterocycles. The van der Waals surface area contributed by atoms with Crippen molar-refractivity contribution in [2.24, 2.45) is 23.2 Å². The van der Waals surface area contributed by atoms with Gasteiger partial charge in [-0.05, 0) is 69.6 Å².